The molecule has 106 valence electrons. The molecule has 5 nitrogen and oxygen atoms in total. The predicted octanol–water partition coefficient (Wildman–Crippen LogP) is 0.372. The highest BCUT2D eigenvalue weighted by Crippen LogP contribution is 2.48. The van der Waals surface area contributed by atoms with E-state index in [9.17, 15) is 14.7 Å². The maximum atomic E-state index is 12.2. The molecule has 0 aromatic heterocycles. The van der Waals surface area contributed by atoms with Crippen molar-refractivity contribution in [3.8, 4) is 0 Å². The van der Waals surface area contributed by atoms with Gasteiger partial charge in [0.25, 0.3) is 0 Å². The molecule has 0 aromatic rings. The minimum Gasteiger partial charge on any atom is -0.393 e. The minimum atomic E-state index is -0.162. The van der Waals surface area contributed by atoms with E-state index in [-0.39, 0.29) is 29.9 Å². The minimum absolute atomic E-state index is 0.0684. The average Bonchev–Trinajstić information content (AvgIpc) is 2.82. The van der Waals surface area contributed by atoms with E-state index in [4.69, 9.17) is 0 Å². The lowest BCUT2D eigenvalue weighted by Gasteiger charge is -2.51. The third kappa shape index (κ3) is 2.24. The quantitative estimate of drug-likeness (QED) is 0.785. The second kappa shape index (κ2) is 4.78. The van der Waals surface area contributed by atoms with Crippen LogP contribution in [0.4, 0.5) is 0 Å². The van der Waals surface area contributed by atoms with Crippen molar-refractivity contribution in [3.05, 3.63) is 0 Å². The van der Waals surface area contributed by atoms with Crippen LogP contribution in [0.1, 0.15) is 38.5 Å². The standard InChI is InChI=1S/C14H22N2O3/c17-11-3-4-14(11)5-8-15(9-6-14)13(19)10-16-7-1-2-12(16)18/h11,17H,1-10H2. The lowest BCUT2D eigenvalue weighted by Crippen LogP contribution is -2.54. The number of likely N-dealkylation sites (tertiary alicyclic amines) is 2. The van der Waals surface area contributed by atoms with E-state index in [1.165, 1.54) is 0 Å². The summed E-state index contributed by atoms with van der Waals surface area (Å²) in [6, 6.07) is 0. The smallest absolute Gasteiger partial charge is 0.242 e. The van der Waals surface area contributed by atoms with E-state index >= 15 is 0 Å². The highest BCUT2D eigenvalue weighted by Gasteiger charge is 2.47. The second-order valence-electron chi connectivity index (χ2n) is 6.22. The molecular formula is C14H22N2O3. The summed E-state index contributed by atoms with van der Waals surface area (Å²) in [6.45, 7) is 2.44. The molecule has 0 radical (unpaired) electrons. The fourth-order valence-corrected chi connectivity index (χ4v) is 3.60. The van der Waals surface area contributed by atoms with E-state index in [0.29, 0.717) is 6.42 Å². The van der Waals surface area contributed by atoms with Gasteiger partial charge < -0.3 is 14.9 Å². The molecular weight excluding hydrogens is 244 g/mol. The zero-order valence-electron chi connectivity index (χ0n) is 11.3. The monoisotopic (exact) mass is 266 g/mol. The van der Waals surface area contributed by atoms with Crippen LogP contribution in [-0.4, -0.2) is 59.0 Å². The summed E-state index contributed by atoms with van der Waals surface area (Å²) in [5.41, 5.74) is 0.0975. The van der Waals surface area contributed by atoms with Gasteiger partial charge in [-0.2, -0.15) is 0 Å². The lowest BCUT2D eigenvalue weighted by atomic mass is 9.61. The molecule has 5 heteroatoms. The van der Waals surface area contributed by atoms with Gasteiger partial charge in [-0.3, -0.25) is 9.59 Å². The number of hydrogen-bond donors (Lipinski definition) is 1. The summed E-state index contributed by atoms with van der Waals surface area (Å²) < 4.78 is 0. The molecule has 1 aliphatic carbocycles. The highest BCUT2D eigenvalue weighted by atomic mass is 16.3. The summed E-state index contributed by atoms with van der Waals surface area (Å²) >= 11 is 0. The number of hydrogen-bond acceptors (Lipinski definition) is 3. The topological polar surface area (TPSA) is 60.9 Å². The van der Waals surface area contributed by atoms with Crippen LogP contribution in [0, 0.1) is 5.41 Å². The molecule has 3 aliphatic rings. The maximum Gasteiger partial charge on any atom is 0.242 e. The van der Waals surface area contributed by atoms with Gasteiger partial charge >= 0.3 is 0 Å². The van der Waals surface area contributed by atoms with Gasteiger partial charge in [0.15, 0.2) is 0 Å². The van der Waals surface area contributed by atoms with E-state index in [0.717, 1.165) is 51.7 Å². The Morgan fingerprint density at radius 3 is 2.47 bits per heavy atom. The normalized spacial score (nSPS) is 29.7. The van der Waals surface area contributed by atoms with Crippen LogP contribution < -0.4 is 0 Å². The third-order valence-corrected chi connectivity index (χ3v) is 5.23. The Hall–Kier alpha value is -1.10. The second-order valence-corrected chi connectivity index (χ2v) is 6.22. The Morgan fingerprint density at radius 1 is 1.26 bits per heavy atom. The van der Waals surface area contributed by atoms with E-state index in [1.54, 1.807) is 4.90 Å². The Kier molecular flexibility index (Phi) is 3.25. The first kappa shape index (κ1) is 12.9. The van der Waals surface area contributed by atoms with Gasteiger partial charge in [0.2, 0.25) is 11.8 Å². The molecule has 0 aromatic carbocycles. The van der Waals surface area contributed by atoms with Crippen LogP contribution in [0.15, 0.2) is 0 Å². The average molecular weight is 266 g/mol. The summed E-state index contributed by atoms with van der Waals surface area (Å²) in [6.07, 6.45) is 5.13. The number of aliphatic hydroxyl groups is 1. The first-order valence-electron chi connectivity index (χ1n) is 7.34. The fourth-order valence-electron chi connectivity index (χ4n) is 3.60. The summed E-state index contributed by atoms with van der Waals surface area (Å²) in [5.74, 6) is 0.176. The number of carbonyl (C=O) groups excluding carboxylic acids is 2. The van der Waals surface area contributed by atoms with Crippen molar-refractivity contribution < 1.29 is 14.7 Å². The molecule has 1 N–H and O–H groups in total. The molecule has 3 rings (SSSR count). The summed E-state index contributed by atoms with van der Waals surface area (Å²) in [5, 5.41) is 9.86. The van der Waals surface area contributed by atoms with Crippen LogP contribution in [0.2, 0.25) is 0 Å². The number of carbonyl (C=O) groups is 2. The van der Waals surface area contributed by atoms with Crippen molar-refractivity contribution >= 4 is 11.8 Å². The molecule has 3 fully saturated rings. The Labute approximate surface area is 113 Å². The molecule has 19 heavy (non-hydrogen) atoms. The molecule has 2 heterocycles. The maximum absolute atomic E-state index is 12.2. The zero-order chi connectivity index (χ0) is 13.5. The van der Waals surface area contributed by atoms with Crippen molar-refractivity contribution in [2.24, 2.45) is 5.41 Å². The number of piperidine rings is 1. The van der Waals surface area contributed by atoms with Crippen LogP contribution in [0.25, 0.3) is 0 Å². The predicted molar refractivity (Wildman–Crippen MR) is 69.3 cm³/mol. The first-order chi connectivity index (χ1) is 9.11. The van der Waals surface area contributed by atoms with Gasteiger partial charge in [0.05, 0.1) is 12.6 Å². The molecule has 1 atom stereocenters. The Morgan fingerprint density at radius 2 is 2.00 bits per heavy atom. The van der Waals surface area contributed by atoms with Crippen LogP contribution >= 0.6 is 0 Å². The number of aliphatic hydroxyl groups excluding tert-OH is 1. The van der Waals surface area contributed by atoms with E-state index in [1.807, 2.05) is 4.90 Å². The molecule has 1 spiro atoms. The van der Waals surface area contributed by atoms with Crippen LogP contribution in [-0.2, 0) is 9.59 Å². The van der Waals surface area contributed by atoms with Crippen molar-refractivity contribution in [2.75, 3.05) is 26.2 Å². The molecule has 1 saturated carbocycles. The Bertz CT molecular complexity index is 388. The SMILES string of the molecule is O=C(CN1CCCC1=O)N1CCC2(CCC2O)CC1. The third-order valence-electron chi connectivity index (χ3n) is 5.23. The van der Waals surface area contributed by atoms with E-state index < -0.39 is 0 Å². The zero-order valence-corrected chi connectivity index (χ0v) is 11.3. The molecule has 0 bridgehead atoms. The molecule has 1 unspecified atom stereocenters. The molecule has 2 aliphatic heterocycles. The van der Waals surface area contributed by atoms with Crippen LogP contribution in [0.3, 0.4) is 0 Å². The largest absolute Gasteiger partial charge is 0.393 e. The van der Waals surface area contributed by atoms with Crippen molar-refractivity contribution in [3.63, 3.8) is 0 Å². The number of nitrogens with zero attached hydrogens (tertiary/aromatic N) is 2. The summed E-state index contributed by atoms with van der Waals surface area (Å²) in [7, 11) is 0. The van der Waals surface area contributed by atoms with Gasteiger partial charge in [-0.05, 0) is 37.5 Å². The van der Waals surface area contributed by atoms with Gasteiger partial charge in [0, 0.05) is 26.1 Å². The molecule has 2 amide bonds. The van der Waals surface area contributed by atoms with Crippen molar-refractivity contribution in [1.29, 1.82) is 0 Å². The van der Waals surface area contributed by atoms with Crippen molar-refractivity contribution in [1.82, 2.24) is 9.80 Å². The molecule has 2 saturated heterocycles. The van der Waals surface area contributed by atoms with Gasteiger partial charge in [-0.15, -0.1) is 0 Å². The van der Waals surface area contributed by atoms with Gasteiger partial charge in [-0.1, -0.05) is 0 Å². The number of amides is 2. The number of rotatable bonds is 2. The van der Waals surface area contributed by atoms with Crippen LogP contribution in [0.5, 0.6) is 0 Å². The van der Waals surface area contributed by atoms with Crippen molar-refractivity contribution in [2.45, 2.75) is 44.6 Å². The van der Waals surface area contributed by atoms with E-state index in [2.05, 4.69) is 0 Å². The fraction of sp³-hybridized carbons (Fsp3) is 0.857. The van der Waals surface area contributed by atoms with Gasteiger partial charge in [-0.25, -0.2) is 0 Å². The Balaban J connectivity index is 1.51. The highest BCUT2D eigenvalue weighted by molar-refractivity contribution is 5.85. The first-order valence-corrected chi connectivity index (χ1v) is 7.34. The van der Waals surface area contributed by atoms with Gasteiger partial charge in [0.1, 0.15) is 0 Å². The lowest BCUT2D eigenvalue weighted by molar-refractivity contribution is -0.145. The summed E-state index contributed by atoms with van der Waals surface area (Å²) in [4.78, 5) is 27.2.